The van der Waals surface area contributed by atoms with E-state index in [2.05, 4.69) is 15.9 Å². The molecule has 0 fully saturated rings. The van der Waals surface area contributed by atoms with Gasteiger partial charge in [0.2, 0.25) is 0 Å². The van der Waals surface area contributed by atoms with Crippen LogP contribution in [0.3, 0.4) is 0 Å². The van der Waals surface area contributed by atoms with E-state index in [1.807, 2.05) is 48.5 Å². The summed E-state index contributed by atoms with van der Waals surface area (Å²) in [6.07, 6.45) is 0. The monoisotopic (exact) mass is 356 g/mol. The zero-order valence-corrected chi connectivity index (χ0v) is 13.2. The van der Waals surface area contributed by atoms with Crippen molar-refractivity contribution in [3.8, 4) is 11.5 Å². The number of para-hydroxylation sites is 1. The number of rotatable bonds is 4. The predicted molar refractivity (Wildman–Crippen MR) is 89.2 cm³/mol. The number of benzene rings is 3. The van der Waals surface area contributed by atoms with Crippen LogP contribution in [0.2, 0.25) is 0 Å². The smallest absolute Gasteiger partial charge is 0.349 e. The minimum atomic E-state index is -0.430. The zero-order valence-electron chi connectivity index (χ0n) is 11.7. The van der Waals surface area contributed by atoms with Gasteiger partial charge in [-0.2, -0.15) is 0 Å². The van der Waals surface area contributed by atoms with Gasteiger partial charge in [0, 0.05) is 4.47 Å². The molecule has 0 amide bonds. The molecule has 0 spiro atoms. The van der Waals surface area contributed by atoms with E-state index in [4.69, 9.17) is 9.47 Å². The molecule has 0 unspecified atom stereocenters. The number of hydrogen-bond acceptors (Lipinski definition) is 3. The SMILES string of the molecule is O=C(COc1ccccc1)Oc1ccc2cc(Br)ccc2c1. The van der Waals surface area contributed by atoms with Gasteiger partial charge in [0.1, 0.15) is 11.5 Å². The highest BCUT2D eigenvalue weighted by Gasteiger charge is 2.07. The van der Waals surface area contributed by atoms with Crippen LogP contribution in [0.1, 0.15) is 0 Å². The quantitative estimate of drug-likeness (QED) is 0.506. The van der Waals surface area contributed by atoms with E-state index in [-0.39, 0.29) is 6.61 Å². The van der Waals surface area contributed by atoms with Gasteiger partial charge in [-0.25, -0.2) is 4.79 Å². The van der Waals surface area contributed by atoms with E-state index in [0.29, 0.717) is 11.5 Å². The molecule has 0 heterocycles. The van der Waals surface area contributed by atoms with Crippen molar-refractivity contribution in [1.29, 1.82) is 0 Å². The van der Waals surface area contributed by atoms with Crippen LogP contribution in [-0.4, -0.2) is 12.6 Å². The molecule has 110 valence electrons. The Kier molecular flexibility index (Phi) is 4.39. The highest BCUT2D eigenvalue weighted by atomic mass is 79.9. The lowest BCUT2D eigenvalue weighted by molar-refractivity contribution is -0.136. The lowest BCUT2D eigenvalue weighted by atomic mass is 10.1. The molecule has 0 aliphatic heterocycles. The molecule has 3 nitrogen and oxygen atoms in total. The fraction of sp³-hybridized carbons (Fsp3) is 0.0556. The zero-order chi connectivity index (χ0) is 15.4. The summed E-state index contributed by atoms with van der Waals surface area (Å²) < 4.78 is 11.7. The first-order valence-corrected chi connectivity index (χ1v) is 7.58. The number of carbonyl (C=O) groups excluding carboxylic acids is 1. The molecule has 0 aliphatic carbocycles. The Morgan fingerprint density at radius 3 is 2.41 bits per heavy atom. The van der Waals surface area contributed by atoms with Crippen LogP contribution in [0.15, 0.2) is 71.2 Å². The molecule has 22 heavy (non-hydrogen) atoms. The highest BCUT2D eigenvalue weighted by molar-refractivity contribution is 9.10. The van der Waals surface area contributed by atoms with Gasteiger partial charge >= 0.3 is 5.97 Å². The first kappa shape index (κ1) is 14.6. The maximum Gasteiger partial charge on any atom is 0.349 e. The molecule has 0 bridgehead atoms. The van der Waals surface area contributed by atoms with E-state index < -0.39 is 5.97 Å². The number of halogens is 1. The Hall–Kier alpha value is -2.33. The third-order valence-electron chi connectivity index (χ3n) is 3.11. The molecule has 4 heteroatoms. The fourth-order valence-electron chi connectivity index (χ4n) is 2.08. The predicted octanol–water partition coefficient (Wildman–Crippen LogP) is 4.59. The van der Waals surface area contributed by atoms with Gasteiger partial charge in [-0.15, -0.1) is 0 Å². The number of carbonyl (C=O) groups is 1. The van der Waals surface area contributed by atoms with Gasteiger partial charge in [-0.3, -0.25) is 0 Å². The highest BCUT2D eigenvalue weighted by Crippen LogP contribution is 2.24. The topological polar surface area (TPSA) is 35.5 Å². The maximum atomic E-state index is 11.8. The van der Waals surface area contributed by atoms with E-state index in [9.17, 15) is 4.79 Å². The molecule has 0 aliphatic rings. The average molecular weight is 357 g/mol. The van der Waals surface area contributed by atoms with Crippen molar-refractivity contribution >= 4 is 32.7 Å². The Morgan fingerprint density at radius 1 is 0.864 bits per heavy atom. The van der Waals surface area contributed by atoms with Crippen LogP contribution in [0.4, 0.5) is 0 Å². The van der Waals surface area contributed by atoms with E-state index in [1.165, 1.54) is 0 Å². The number of fused-ring (bicyclic) bond motifs is 1. The van der Waals surface area contributed by atoms with E-state index in [1.54, 1.807) is 18.2 Å². The Balaban J connectivity index is 1.65. The van der Waals surface area contributed by atoms with E-state index in [0.717, 1.165) is 15.2 Å². The molecular formula is C18H13BrO3. The largest absolute Gasteiger partial charge is 0.482 e. The van der Waals surface area contributed by atoms with Gasteiger partial charge in [-0.05, 0) is 47.2 Å². The van der Waals surface area contributed by atoms with E-state index >= 15 is 0 Å². The number of ether oxygens (including phenoxy) is 2. The molecule has 0 atom stereocenters. The van der Waals surface area contributed by atoms with Crippen LogP contribution < -0.4 is 9.47 Å². The maximum absolute atomic E-state index is 11.8. The van der Waals surface area contributed by atoms with Crippen molar-refractivity contribution in [3.63, 3.8) is 0 Å². The third kappa shape index (κ3) is 3.65. The van der Waals surface area contributed by atoms with Crippen LogP contribution in [-0.2, 0) is 4.79 Å². The summed E-state index contributed by atoms with van der Waals surface area (Å²) in [6.45, 7) is -0.123. The molecule has 0 saturated heterocycles. The summed E-state index contributed by atoms with van der Waals surface area (Å²) in [6, 6.07) is 20.6. The summed E-state index contributed by atoms with van der Waals surface area (Å²) in [7, 11) is 0. The first-order valence-electron chi connectivity index (χ1n) is 6.78. The first-order chi connectivity index (χ1) is 10.7. The van der Waals surface area contributed by atoms with Crippen molar-refractivity contribution in [2.45, 2.75) is 0 Å². The third-order valence-corrected chi connectivity index (χ3v) is 3.60. The van der Waals surface area contributed by atoms with Crippen molar-refractivity contribution in [2.75, 3.05) is 6.61 Å². The lowest BCUT2D eigenvalue weighted by Crippen LogP contribution is -2.17. The minimum absolute atomic E-state index is 0.123. The Morgan fingerprint density at radius 2 is 1.59 bits per heavy atom. The lowest BCUT2D eigenvalue weighted by Gasteiger charge is -2.07. The summed E-state index contributed by atoms with van der Waals surface area (Å²) in [4.78, 5) is 11.8. The van der Waals surface area contributed by atoms with Gasteiger partial charge in [0.15, 0.2) is 6.61 Å². The van der Waals surface area contributed by atoms with Crippen LogP contribution in [0.25, 0.3) is 10.8 Å². The van der Waals surface area contributed by atoms with Crippen molar-refractivity contribution in [1.82, 2.24) is 0 Å². The average Bonchev–Trinajstić information content (AvgIpc) is 2.54. The molecule has 3 aromatic rings. The van der Waals surface area contributed by atoms with Gasteiger partial charge in [0.05, 0.1) is 0 Å². The summed E-state index contributed by atoms with van der Waals surface area (Å²) >= 11 is 3.43. The van der Waals surface area contributed by atoms with Crippen LogP contribution in [0, 0.1) is 0 Å². The fourth-order valence-corrected chi connectivity index (χ4v) is 2.46. The molecule has 0 saturated carbocycles. The van der Waals surface area contributed by atoms with Crippen molar-refractivity contribution < 1.29 is 14.3 Å². The number of hydrogen-bond donors (Lipinski definition) is 0. The molecular weight excluding hydrogens is 344 g/mol. The Bertz CT molecular complexity index is 800. The Labute approximate surface area is 136 Å². The van der Waals surface area contributed by atoms with Crippen LogP contribution >= 0.6 is 15.9 Å². The summed E-state index contributed by atoms with van der Waals surface area (Å²) in [5.41, 5.74) is 0. The molecule has 0 aromatic heterocycles. The molecule has 0 radical (unpaired) electrons. The summed E-state index contributed by atoms with van der Waals surface area (Å²) in [5, 5.41) is 2.09. The number of esters is 1. The van der Waals surface area contributed by atoms with Gasteiger partial charge in [-0.1, -0.05) is 46.3 Å². The van der Waals surface area contributed by atoms with Gasteiger partial charge in [0.25, 0.3) is 0 Å². The van der Waals surface area contributed by atoms with Crippen molar-refractivity contribution in [2.24, 2.45) is 0 Å². The second-order valence-electron chi connectivity index (χ2n) is 4.73. The molecule has 3 aromatic carbocycles. The molecule has 3 rings (SSSR count). The second-order valence-corrected chi connectivity index (χ2v) is 5.64. The second kappa shape index (κ2) is 6.62. The summed E-state index contributed by atoms with van der Waals surface area (Å²) in [5.74, 6) is 0.722. The van der Waals surface area contributed by atoms with Gasteiger partial charge < -0.3 is 9.47 Å². The molecule has 0 N–H and O–H groups in total. The van der Waals surface area contributed by atoms with Crippen LogP contribution in [0.5, 0.6) is 11.5 Å². The standard InChI is InChI=1S/C18H13BrO3/c19-15-8-6-14-11-17(9-7-13(14)10-15)22-18(20)12-21-16-4-2-1-3-5-16/h1-11H,12H2. The van der Waals surface area contributed by atoms with Crippen molar-refractivity contribution in [3.05, 3.63) is 71.2 Å². The normalized spacial score (nSPS) is 10.4. The minimum Gasteiger partial charge on any atom is -0.482 e.